The molecule has 2 fully saturated rings. The van der Waals surface area contributed by atoms with Gasteiger partial charge < -0.3 is 5.11 Å². The molecule has 2 heterocycles. The van der Waals surface area contributed by atoms with Crippen molar-refractivity contribution in [3.63, 3.8) is 0 Å². The zero-order valence-electron chi connectivity index (χ0n) is 8.69. The van der Waals surface area contributed by atoms with Gasteiger partial charge in [0.1, 0.15) is 11.3 Å². The summed E-state index contributed by atoms with van der Waals surface area (Å²) in [6, 6.07) is 0. The van der Waals surface area contributed by atoms with E-state index in [-0.39, 0.29) is 0 Å². The predicted octanol–water partition coefficient (Wildman–Crippen LogP) is 0.108. The quantitative estimate of drug-likeness (QED) is 0.740. The maximum Gasteiger partial charge on any atom is 0.124 e. The molecule has 3 rings (SSSR count). The largest absolute Gasteiger partial charge is 0.382 e. The second kappa shape index (κ2) is 3.28. The molecule has 5 nitrogen and oxygen atoms in total. The number of aromatic amines is 1. The molecule has 0 spiro atoms. The van der Waals surface area contributed by atoms with Crippen molar-refractivity contribution < 1.29 is 5.11 Å². The second-order valence-corrected chi connectivity index (χ2v) is 4.82. The number of nitrogens with one attached hydrogen (secondary N) is 1. The van der Waals surface area contributed by atoms with Crippen molar-refractivity contribution in [2.75, 3.05) is 19.6 Å². The lowest BCUT2D eigenvalue weighted by molar-refractivity contribution is 0.0412. The summed E-state index contributed by atoms with van der Waals surface area (Å²) in [5.41, 5.74) is -0.0946. The zero-order valence-corrected chi connectivity index (χ0v) is 8.69. The number of aromatic nitrogens is 3. The molecule has 1 atom stereocenters. The molecular weight excluding hydrogens is 192 g/mol. The van der Waals surface area contributed by atoms with Crippen LogP contribution in [-0.4, -0.2) is 45.1 Å². The Bertz CT molecular complexity index is 335. The first-order valence-electron chi connectivity index (χ1n) is 5.57. The topological polar surface area (TPSA) is 65.0 Å². The van der Waals surface area contributed by atoms with Crippen LogP contribution < -0.4 is 0 Å². The number of β-amino-alcohol motifs (C(OH)–C–C–N with tert-alkyl or cyclic N) is 1. The van der Waals surface area contributed by atoms with Crippen molar-refractivity contribution in [1.82, 2.24) is 20.3 Å². The van der Waals surface area contributed by atoms with Crippen molar-refractivity contribution in [1.29, 1.82) is 0 Å². The highest BCUT2D eigenvalue weighted by Crippen LogP contribution is 2.35. The molecule has 15 heavy (non-hydrogen) atoms. The van der Waals surface area contributed by atoms with E-state index in [4.69, 9.17) is 0 Å². The molecule has 1 saturated carbocycles. The first-order valence-corrected chi connectivity index (χ1v) is 5.57. The number of H-pyrrole nitrogens is 1. The van der Waals surface area contributed by atoms with Crippen LogP contribution in [0.4, 0.5) is 0 Å². The summed E-state index contributed by atoms with van der Waals surface area (Å²) in [5.74, 6) is 0.879. The molecule has 0 aromatic carbocycles. The number of hydrogen-bond donors (Lipinski definition) is 2. The van der Waals surface area contributed by atoms with Gasteiger partial charge >= 0.3 is 0 Å². The molecular formula is C10H16N4O. The Balaban J connectivity index is 1.68. The fourth-order valence-corrected chi connectivity index (χ4v) is 2.33. The third kappa shape index (κ3) is 1.77. The predicted molar refractivity (Wildman–Crippen MR) is 54.1 cm³/mol. The van der Waals surface area contributed by atoms with Gasteiger partial charge in [-0.2, -0.15) is 15.4 Å². The summed E-state index contributed by atoms with van der Waals surface area (Å²) in [4.78, 5) is 2.34. The molecule has 5 heteroatoms. The van der Waals surface area contributed by atoms with Crippen LogP contribution in [0.15, 0.2) is 6.20 Å². The molecule has 1 aliphatic heterocycles. The highest BCUT2D eigenvalue weighted by atomic mass is 16.3. The Morgan fingerprint density at radius 1 is 1.60 bits per heavy atom. The van der Waals surface area contributed by atoms with Gasteiger partial charge in [0.25, 0.3) is 0 Å². The molecule has 1 saturated heterocycles. The van der Waals surface area contributed by atoms with Gasteiger partial charge in [-0.05, 0) is 25.2 Å². The van der Waals surface area contributed by atoms with Crippen LogP contribution >= 0.6 is 0 Å². The van der Waals surface area contributed by atoms with Crippen molar-refractivity contribution >= 4 is 0 Å². The maximum absolute atomic E-state index is 10.4. The van der Waals surface area contributed by atoms with E-state index >= 15 is 0 Å². The Morgan fingerprint density at radius 2 is 2.47 bits per heavy atom. The molecule has 1 aliphatic carbocycles. The van der Waals surface area contributed by atoms with Crippen molar-refractivity contribution in [3.8, 4) is 0 Å². The molecule has 2 N–H and O–H groups in total. The van der Waals surface area contributed by atoms with E-state index in [1.54, 1.807) is 6.20 Å². The van der Waals surface area contributed by atoms with E-state index in [0.717, 1.165) is 25.4 Å². The Labute approximate surface area is 88.5 Å². The minimum Gasteiger partial charge on any atom is -0.382 e. The van der Waals surface area contributed by atoms with Gasteiger partial charge in [-0.3, -0.25) is 4.90 Å². The van der Waals surface area contributed by atoms with Gasteiger partial charge in [0.15, 0.2) is 0 Å². The number of nitrogens with zero attached hydrogens (tertiary/aromatic N) is 3. The van der Waals surface area contributed by atoms with Crippen LogP contribution in [0.1, 0.15) is 25.0 Å². The zero-order chi connectivity index (χ0) is 10.3. The van der Waals surface area contributed by atoms with E-state index < -0.39 is 5.60 Å². The van der Waals surface area contributed by atoms with Gasteiger partial charge in [0.2, 0.25) is 0 Å². The van der Waals surface area contributed by atoms with Gasteiger partial charge in [0.05, 0.1) is 6.20 Å². The number of likely N-dealkylation sites (tertiary alicyclic amines) is 1. The Hall–Kier alpha value is -0.940. The fraction of sp³-hybridized carbons (Fsp3) is 0.800. The summed E-state index contributed by atoms with van der Waals surface area (Å²) in [6.45, 7) is 2.82. The SMILES string of the molecule is O[C@@]1(c2cn[nH]n2)CCN(CC2CC2)C1. The summed E-state index contributed by atoms with van der Waals surface area (Å²) >= 11 is 0. The number of rotatable bonds is 3. The van der Waals surface area contributed by atoms with Gasteiger partial charge in [-0.1, -0.05) is 0 Å². The fourth-order valence-electron chi connectivity index (χ4n) is 2.33. The monoisotopic (exact) mass is 208 g/mol. The lowest BCUT2D eigenvalue weighted by Gasteiger charge is -2.20. The molecule has 1 aromatic heterocycles. The van der Waals surface area contributed by atoms with Crippen LogP contribution in [0, 0.1) is 5.92 Å². The first kappa shape index (κ1) is 9.30. The third-order valence-corrected chi connectivity index (χ3v) is 3.43. The molecule has 1 aromatic rings. The number of hydrogen-bond acceptors (Lipinski definition) is 4. The summed E-state index contributed by atoms with van der Waals surface area (Å²) in [5, 5.41) is 20.7. The van der Waals surface area contributed by atoms with Crippen LogP contribution in [-0.2, 0) is 5.60 Å². The minimum atomic E-state index is -0.776. The van der Waals surface area contributed by atoms with Crippen LogP contribution in [0.25, 0.3) is 0 Å². The summed E-state index contributed by atoms with van der Waals surface area (Å²) < 4.78 is 0. The van der Waals surface area contributed by atoms with E-state index in [1.165, 1.54) is 12.8 Å². The summed E-state index contributed by atoms with van der Waals surface area (Å²) in [6.07, 6.45) is 5.12. The number of aliphatic hydroxyl groups is 1. The Morgan fingerprint density at radius 3 is 3.13 bits per heavy atom. The van der Waals surface area contributed by atoms with Crippen LogP contribution in [0.3, 0.4) is 0 Å². The van der Waals surface area contributed by atoms with Gasteiger partial charge in [0, 0.05) is 19.6 Å². The standard InChI is InChI=1S/C10H16N4O/c15-10(9-5-11-13-12-9)3-4-14(7-10)6-8-1-2-8/h5,8,15H,1-4,6-7H2,(H,11,12,13)/t10-/m0/s1. The average Bonchev–Trinajstić information content (AvgIpc) is 2.74. The van der Waals surface area contributed by atoms with Crippen molar-refractivity contribution in [2.24, 2.45) is 5.92 Å². The van der Waals surface area contributed by atoms with Gasteiger partial charge in [-0.15, -0.1) is 0 Å². The lowest BCUT2D eigenvalue weighted by atomic mass is 10.0. The third-order valence-electron chi connectivity index (χ3n) is 3.43. The average molecular weight is 208 g/mol. The van der Waals surface area contributed by atoms with Crippen molar-refractivity contribution in [2.45, 2.75) is 24.9 Å². The van der Waals surface area contributed by atoms with E-state index in [9.17, 15) is 5.11 Å². The van der Waals surface area contributed by atoms with Crippen LogP contribution in [0.2, 0.25) is 0 Å². The highest BCUT2D eigenvalue weighted by Gasteiger charge is 2.41. The summed E-state index contributed by atoms with van der Waals surface area (Å²) in [7, 11) is 0. The molecule has 82 valence electrons. The molecule has 0 unspecified atom stereocenters. The molecule has 2 aliphatic rings. The normalized spacial score (nSPS) is 32.3. The maximum atomic E-state index is 10.4. The lowest BCUT2D eigenvalue weighted by Crippen LogP contribution is -2.32. The smallest absolute Gasteiger partial charge is 0.124 e. The first-order chi connectivity index (χ1) is 7.26. The van der Waals surface area contributed by atoms with Gasteiger partial charge in [-0.25, -0.2) is 0 Å². The molecule has 0 amide bonds. The van der Waals surface area contributed by atoms with E-state index in [0.29, 0.717) is 12.2 Å². The van der Waals surface area contributed by atoms with E-state index in [2.05, 4.69) is 20.3 Å². The molecule has 0 radical (unpaired) electrons. The van der Waals surface area contributed by atoms with Crippen LogP contribution in [0.5, 0.6) is 0 Å². The van der Waals surface area contributed by atoms with Crippen molar-refractivity contribution in [3.05, 3.63) is 11.9 Å². The highest BCUT2D eigenvalue weighted by molar-refractivity contribution is 5.10. The van der Waals surface area contributed by atoms with E-state index in [1.807, 2.05) is 0 Å². The molecule has 0 bridgehead atoms. The second-order valence-electron chi connectivity index (χ2n) is 4.82. The minimum absolute atomic E-state index is 0.681. The Kier molecular flexibility index (Phi) is 2.03.